The van der Waals surface area contributed by atoms with E-state index in [0.717, 1.165) is 88.7 Å². The molecular weight excluding hydrogens is 661 g/mol. The highest BCUT2D eigenvalue weighted by atomic mass is 16.3. The minimum Gasteiger partial charge on any atom is -0.439 e. The zero-order chi connectivity index (χ0) is 35.6. The summed E-state index contributed by atoms with van der Waals surface area (Å²) in [5.41, 5.74) is 13.9. The van der Waals surface area contributed by atoms with Crippen molar-refractivity contribution in [3.63, 3.8) is 0 Å². The lowest BCUT2D eigenvalue weighted by Crippen LogP contribution is -1.96. The molecule has 0 aliphatic carbocycles. The Morgan fingerprint density at radius 3 is 1.63 bits per heavy atom. The first-order chi connectivity index (χ1) is 26.7. The maximum Gasteiger partial charge on any atom is 0.215 e. The molecule has 0 aliphatic rings. The maximum absolute atomic E-state index is 6.64. The average molecular weight is 691 g/mol. The fourth-order valence-corrected chi connectivity index (χ4v) is 7.75. The third-order valence-electron chi connectivity index (χ3n) is 10.4. The molecule has 4 aromatic heterocycles. The van der Waals surface area contributed by atoms with Gasteiger partial charge in [-0.15, -0.1) is 0 Å². The van der Waals surface area contributed by atoms with Gasteiger partial charge in [-0.2, -0.15) is 0 Å². The molecule has 0 bridgehead atoms. The Morgan fingerprint density at radius 1 is 0.389 bits per heavy atom. The summed E-state index contributed by atoms with van der Waals surface area (Å²) in [5.74, 6) is 0.698. The van der Waals surface area contributed by atoms with E-state index in [1.165, 1.54) is 11.1 Å². The summed E-state index contributed by atoms with van der Waals surface area (Å²) in [6.07, 6.45) is 0. The van der Waals surface area contributed by atoms with Crippen LogP contribution in [0.2, 0.25) is 0 Å². The van der Waals surface area contributed by atoms with E-state index < -0.39 is 0 Å². The summed E-state index contributed by atoms with van der Waals surface area (Å²) in [4.78, 5) is 15.1. The number of para-hydroxylation sites is 2. The second kappa shape index (κ2) is 12.1. The van der Waals surface area contributed by atoms with E-state index in [1.54, 1.807) is 0 Å². The molecule has 7 aromatic carbocycles. The van der Waals surface area contributed by atoms with Gasteiger partial charge in [0.2, 0.25) is 5.71 Å². The van der Waals surface area contributed by atoms with E-state index in [9.17, 15) is 0 Å². The molecule has 0 amide bonds. The smallest absolute Gasteiger partial charge is 0.215 e. The molecule has 252 valence electrons. The second-order valence-corrected chi connectivity index (χ2v) is 13.6. The Hall–Kier alpha value is -7.37. The van der Waals surface area contributed by atoms with Crippen molar-refractivity contribution in [2.75, 3.05) is 0 Å². The number of hydrogen-bond donors (Lipinski definition) is 0. The monoisotopic (exact) mass is 690 g/mol. The fraction of sp³-hybridized carbons (Fsp3) is 0. The van der Waals surface area contributed by atoms with Crippen LogP contribution in [0.15, 0.2) is 186 Å². The molecule has 0 saturated heterocycles. The van der Waals surface area contributed by atoms with Crippen molar-refractivity contribution in [2.24, 2.45) is 0 Å². The number of rotatable bonds is 5. The van der Waals surface area contributed by atoms with Crippen LogP contribution in [0.5, 0.6) is 0 Å². The van der Waals surface area contributed by atoms with Gasteiger partial charge in [-0.1, -0.05) is 152 Å². The number of furan rings is 1. The molecule has 0 spiro atoms. The molecule has 5 nitrogen and oxygen atoms in total. The topological polar surface area (TPSA) is 56.2 Å². The van der Waals surface area contributed by atoms with Crippen molar-refractivity contribution < 1.29 is 4.42 Å². The highest BCUT2D eigenvalue weighted by molar-refractivity contribution is 6.22. The zero-order valence-electron chi connectivity index (χ0n) is 29.0. The Bertz CT molecular complexity index is 3180. The second-order valence-electron chi connectivity index (χ2n) is 13.6. The molecule has 11 rings (SSSR count). The van der Waals surface area contributed by atoms with Crippen molar-refractivity contribution in [3.8, 4) is 56.2 Å². The first kappa shape index (κ1) is 30.3. The van der Waals surface area contributed by atoms with E-state index in [4.69, 9.17) is 19.4 Å². The number of fused-ring (bicyclic) bond motifs is 10. The van der Waals surface area contributed by atoms with Gasteiger partial charge in [-0.3, -0.25) is 4.40 Å². The summed E-state index contributed by atoms with van der Waals surface area (Å²) in [6.45, 7) is 0. The van der Waals surface area contributed by atoms with Gasteiger partial charge in [0.15, 0.2) is 5.82 Å². The summed E-state index contributed by atoms with van der Waals surface area (Å²) >= 11 is 0. The predicted molar refractivity (Wildman–Crippen MR) is 220 cm³/mol. The van der Waals surface area contributed by atoms with Gasteiger partial charge in [0.25, 0.3) is 0 Å². The van der Waals surface area contributed by atoms with Gasteiger partial charge < -0.3 is 4.42 Å². The van der Waals surface area contributed by atoms with E-state index in [0.29, 0.717) is 5.82 Å². The fourth-order valence-electron chi connectivity index (χ4n) is 7.75. The van der Waals surface area contributed by atoms with Gasteiger partial charge in [0.05, 0.1) is 27.8 Å². The molecule has 0 fully saturated rings. The highest BCUT2D eigenvalue weighted by Crippen LogP contribution is 2.40. The first-order valence-electron chi connectivity index (χ1n) is 18.1. The molecule has 11 aromatic rings. The number of aromatic nitrogens is 4. The van der Waals surface area contributed by atoms with Gasteiger partial charge in [0, 0.05) is 27.5 Å². The van der Waals surface area contributed by atoms with Crippen LogP contribution in [-0.4, -0.2) is 19.4 Å². The third-order valence-corrected chi connectivity index (χ3v) is 10.4. The van der Waals surface area contributed by atoms with Gasteiger partial charge in [0.1, 0.15) is 11.2 Å². The van der Waals surface area contributed by atoms with Crippen LogP contribution in [-0.2, 0) is 0 Å². The summed E-state index contributed by atoms with van der Waals surface area (Å²) in [7, 11) is 0. The van der Waals surface area contributed by atoms with Crippen LogP contribution in [0.3, 0.4) is 0 Å². The standard InChI is InChI=1S/C49H30N4O/c1-3-11-31(12-4-1)32-19-23-34(24-20-32)42-30-43(51-47(50-42)36-13-5-2-6-14-36)35-25-21-33(22-26-35)37-27-28-45-40(29-37)46-38-15-7-8-16-39(38)48-52-41-17-9-10-18-44(41)53(48)49(46)54-45/h1-30H. The van der Waals surface area contributed by atoms with Crippen molar-refractivity contribution in [1.82, 2.24) is 19.4 Å². The predicted octanol–water partition coefficient (Wildman–Crippen LogP) is 12.7. The lowest BCUT2D eigenvalue weighted by molar-refractivity contribution is 0.650. The quantitative estimate of drug-likeness (QED) is 0.180. The molecule has 0 atom stereocenters. The molecule has 0 unspecified atom stereocenters. The maximum atomic E-state index is 6.64. The molecule has 4 heterocycles. The first-order valence-corrected chi connectivity index (χ1v) is 18.1. The lowest BCUT2D eigenvalue weighted by Gasteiger charge is -2.11. The molecule has 0 radical (unpaired) electrons. The Labute approximate surface area is 310 Å². The van der Waals surface area contributed by atoms with Crippen LogP contribution in [0.25, 0.3) is 106 Å². The number of hydrogen-bond acceptors (Lipinski definition) is 4. The van der Waals surface area contributed by atoms with Crippen molar-refractivity contribution in [2.45, 2.75) is 0 Å². The average Bonchev–Trinajstić information content (AvgIpc) is 3.83. The van der Waals surface area contributed by atoms with Gasteiger partial charge in [-0.05, 0) is 58.0 Å². The van der Waals surface area contributed by atoms with E-state index in [1.807, 2.05) is 30.3 Å². The summed E-state index contributed by atoms with van der Waals surface area (Å²) in [5, 5.41) is 4.40. The zero-order valence-corrected chi connectivity index (χ0v) is 29.0. The number of pyridine rings is 1. The van der Waals surface area contributed by atoms with Crippen LogP contribution < -0.4 is 0 Å². The number of imidazole rings is 1. The van der Waals surface area contributed by atoms with Crippen molar-refractivity contribution in [3.05, 3.63) is 182 Å². The Morgan fingerprint density at radius 2 is 0.926 bits per heavy atom. The van der Waals surface area contributed by atoms with Crippen LogP contribution >= 0.6 is 0 Å². The van der Waals surface area contributed by atoms with E-state index in [2.05, 4.69) is 156 Å². The van der Waals surface area contributed by atoms with Gasteiger partial charge >= 0.3 is 0 Å². The molecular formula is C49H30N4O. The van der Waals surface area contributed by atoms with Crippen LogP contribution in [0.1, 0.15) is 0 Å². The summed E-state index contributed by atoms with van der Waals surface area (Å²) in [6, 6.07) is 63.2. The van der Waals surface area contributed by atoms with E-state index in [-0.39, 0.29) is 0 Å². The van der Waals surface area contributed by atoms with Crippen LogP contribution in [0.4, 0.5) is 0 Å². The third kappa shape index (κ3) is 4.90. The van der Waals surface area contributed by atoms with Crippen molar-refractivity contribution in [1.29, 1.82) is 0 Å². The highest BCUT2D eigenvalue weighted by Gasteiger charge is 2.19. The number of benzene rings is 7. The molecule has 0 N–H and O–H groups in total. The molecule has 5 heteroatoms. The van der Waals surface area contributed by atoms with Gasteiger partial charge in [-0.25, -0.2) is 15.0 Å². The van der Waals surface area contributed by atoms with Crippen LogP contribution in [0, 0.1) is 0 Å². The molecule has 0 aliphatic heterocycles. The minimum atomic E-state index is 0.698. The molecule has 0 saturated carbocycles. The van der Waals surface area contributed by atoms with Crippen molar-refractivity contribution >= 4 is 49.5 Å². The molecule has 54 heavy (non-hydrogen) atoms. The Balaban J connectivity index is 1.01. The number of nitrogens with zero attached hydrogens (tertiary/aromatic N) is 4. The SMILES string of the molecule is c1ccc(-c2ccc(-c3cc(-c4ccc(-c5ccc6oc7c(c6c5)c5ccccc5c5nc6ccccc6n57)cc4)nc(-c4ccccc4)n3)cc2)cc1. The largest absolute Gasteiger partial charge is 0.439 e. The van der Waals surface area contributed by atoms with E-state index >= 15 is 0 Å². The minimum absolute atomic E-state index is 0.698. The lowest BCUT2D eigenvalue weighted by atomic mass is 9.99. The summed E-state index contributed by atoms with van der Waals surface area (Å²) < 4.78 is 8.81. The Kier molecular flexibility index (Phi) is 6.79. The normalized spacial score (nSPS) is 11.7.